The number of hydrogen-bond donors (Lipinski definition) is 1. The SMILES string of the molecule is CC1(C)C=Cc2c(C(=O)OCCN3CCCC3)c(O)c3ccccc3c2O1. The Balaban J connectivity index is 1.69. The van der Waals surface area contributed by atoms with Crippen LogP contribution in [0.15, 0.2) is 30.3 Å². The van der Waals surface area contributed by atoms with Crippen molar-refractivity contribution < 1.29 is 19.4 Å². The van der Waals surface area contributed by atoms with Crippen molar-refractivity contribution in [2.75, 3.05) is 26.2 Å². The number of phenolic OH excluding ortho intramolecular Hbond substituents is 1. The lowest BCUT2D eigenvalue weighted by Crippen LogP contribution is -2.29. The lowest BCUT2D eigenvalue weighted by molar-refractivity contribution is 0.0467. The molecule has 0 amide bonds. The third-order valence-corrected chi connectivity index (χ3v) is 5.24. The third kappa shape index (κ3) is 3.39. The van der Waals surface area contributed by atoms with E-state index in [4.69, 9.17) is 9.47 Å². The summed E-state index contributed by atoms with van der Waals surface area (Å²) in [5, 5.41) is 12.2. The summed E-state index contributed by atoms with van der Waals surface area (Å²) in [4.78, 5) is 15.1. The molecule has 5 heteroatoms. The van der Waals surface area contributed by atoms with Crippen LogP contribution in [0.4, 0.5) is 0 Å². The second-order valence-corrected chi connectivity index (χ2v) is 7.74. The fraction of sp³-hybridized carbons (Fsp3) is 0.409. The topological polar surface area (TPSA) is 59.0 Å². The van der Waals surface area contributed by atoms with Crippen LogP contribution in [-0.2, 0) is 4.74 Å². The van der Waals surface area contributed by atoms with E-state index in [9.17, 15) is 9.90 Å². The van der Waals surface area contributed by atoms with Crippen LogP contribution >= 0.6 is 0 Å². The number of fused-ring (bicyclic) bond motifs is 3. The standard InChI is InChI=1S/C22H25NO4/c1-22(2)10-9-17-18(21(25)26-14-13-23-11-5-6-12-23)19(24)15-7-3-4-8-16(15)20(17)27-22/h3-4,7-10,24H,5-6,11-14H2,1-2H3. The number of carbonyl (C=O) groups excluding carboxylic acids is 1. The number of carbonyl (C=O) groups is 1. The average Bonchev–Trinajstić information content (AvgIpc) is 3.15. The Morgan fingerprint density at radius 1 is 1.22 bits per heavy atom. The van der Waals surface area contributed by atoms with Gasteiger partial charge in [0.2, 0.25) is 0 Å². The number of esters is 1. The first kappa shape index (κ1) is 17.9. The van der Waals surface area contributed by atoms with Crippen molar-refractivity contribution in [3.05, 3.63) is 41.5 Å². The molecular formula is C22H25NO4. The van der Waals surface area contributed by atoms with E-state index in [2.05, 4.69) is 4.90 Å². The molecule has 1 N–H and O–H groups in total. The molecule has 2 aliphatic rings. The summed E-state index contributed by atoms with van der Waals surface area (Å²) in [6.07, 6.45) is 6.14. The van der Waals surface area contributed by atoms with Crippen LogP contribution in [0.2, 0.25) is 0 Å². The van der Waals surface area contributed by atoms with E-state index >= 15 is 0 Å². The Bertz CT molecular complexity index is 910. The molecule has 0 radical (unpaired) electrons. The van der Waals surface area contributed by atoms with Crippen LogP contribution in [0.1, 0.15) is 42.6 Å². The first-order chi connectivity index (χ1) is 13.0. The van der Waals surface area contributed by atoms with Crippen molar-refractivity contribution in [3.63, 3.8) is 0 Å². The highest BCUT2D eigenvalue weighted by atomic mass is 16.5. The molecule has 0 aliphatic carbocycles. The molecule has 2 aliphatic heterocycles. The molecule has 0 bridgehead atoms. The van der Waals surface area contributed by atoms with Crippen LogP contribution in [0.3, 0.4) is 0 Å². The van der Waals surface area contributed by atoms with Gasteiger partial charge in [-0.05, 0) is 45.9 Å². The number of rotatable bonds is 4. The van der Waals surface area contributed by atoms with Gasteiger partial charge in [-0.25, -0.2) is 4.79 Å². The summed E-state index contributed by atoms with van der Waals surface area (Å²) in [6.45, 7) is 7.07. The zero-order valence-corrected chi connectivity index (χ0v) is 15.8. The van der Waals surface area contributed by atoms with E-state index in [1.165, 1.54) is 12.8 Å². The second-order valence-electron chi connectivity index (χ2n) is 7.74. The van der Waals surface area contributed by atoms with Crippen molar-refractivity contribution in [1.82, 2.24) is 4.90 Å². The largest absolute Gasteiger partial charge is 0.506 e. The Morgan fingerprint density at radius 3 is 2.67 bits per heavy atom. The summed E-state index contributed by atoms with van der Waals surface area (Å²) in [7, 11) is 0. The minimum atomic E-state index is -0.512. The molecule has 0 unspecified atom stereocenters. The summed E-state index contributed by atoms with van der Waals surface area (Å²) in [5.41, 5.74) is 0.275. The molecule has 2 heterocycles. The lowest BCUT2D eigenvalue weighted by Gasteiger charge is -2.30. The highest BCUT2D eigenvalue weighted by Gasteiger charge is 2.30. The van der Waals surface area contributed by atoms with E-state index in [0.29, 0.717) is 23.3 Å². The van der Waals surface area contributed by atoms with Gasteiger partial charge in [0.15, 0.2) is 0 Å². The second kappa shape index (κ2) is 6.89. The Morgan fingerprint density at radius 2 is 1.93 bits per heavy atom. The molecule has 27 heavy (non-hydrogen) atoms. The Hall–Kier alpha value is -2.53. The zero-order valence-electron chi connectivity index (χ0n) is 15.8. The predicted octanol–water partition coefficient (Wildman–Crippen LogP) is 3.98. The molecule has 0 saturated carbocycles. The molecule has 142 valence electrons. The summed E-state index contributed by atoms with van der Waals surface area (Å²) >= 11 is 0. The molecule has 5 nitrogen and oxygen atoms in total. The fourth-order valence-electron chi connectivity index (χ4n) is 3.81. The van der Waals surface area contributed by atoms with Gasteiger partial charge in [0.25, 0.3) is 0 Å². The maximum absolute atomic E-state index is 12.8. The van der Waals surface area contributed by atoms with Gasteiger partial charge in [0.1, 0.15) is 29.3 Å². The number of ether oxygens (including phenoxy) is 2. The van der Waals surface area contributed by atoms with E-state index < -0.39 is 11.6 Å². The summed E-state index contributed by atoms with van der Waals surface area (Å²) in [5.74, 6) is 0.0486. The molecule has 0 aromatic heterocycles. The minimum Gasteiger partial charge on any atom is -0.506 e. The molecule has 0 spiro atoms. The normalized spacial score (nSPS) is 18.3. The molecule has 2 aromatic carbocycles. The van der Waals surface area contributed by atoms with Gasteiger partial charge < -0.3 is 14.6 Å². The monoisotopic (exact) mass is 367 g/mol. The molecule has 1 fully saturated rings. The van der Waals surface area contributed by atoms with Crippen molar-refractivity contribution in [2.24, 2.45) is 0 Å². The molecule has 0 atom stereocenters. The summed E-state index contributed by atoms with van der Waals surface area (Å²) < 4.78 is 11.7. The number of aromatic hydroxyl groups is 1. The van der Waals surface area contributed by atoms with Gasteiger partial charge in [-0.1, -0.05) is 30.3 Å². The van der Waals surface area contributed by atoms with Gasteiger partial charge in [-0.15, -0.1) is 0 Å². The first-order valence-corrected chi connectivity index (χ1v) is 9.52. The number of phenols is 1. The molecule has 2 aromatic rings. The van der Waals surface area contributed by atoms with Gasteiger partial charge >= 0.3 is 5.97 Å². The van der Waals surface area contributed by atoms with Crippen LogP contribution in [0.5, 0.6) is 11.5 Å². The number of benzene rings is 2. The van der Waals surface area contributed by atoms with Crippen LogP contribution in [-0.4, -0.2) is 47.8 Å². The maximum atomic E-state index is 12.8. The maximum Gasteiger partial charge on any atom is 0.342 e. The number of hydrogen-bond acceptors (Lipinski definition) is 5. The zero-order chi connectivity index (χ0) is 19.0. The van der Waals surface area contributed by atoms with Crippen LogP contribution < -0.4 is 4.74 Å². The van der Waals surface area contributed by atoms with Crippen LogP contribution in [0, 0.1) is 0 Å². The number of nitrogens with zero attached hydrogens (tertiary/aromatic N) is 1. The predicted molar refractivity (Wildman–Crippen MR) is 105 cm³/mol. The van der Waals surface area contributed by atoms with E-state index in [-0.39, 0.29) is 11.3 Å². The first-order valence-electron chi connectivity index (χ1n) is 9.52. The van der Waals surface area contributed by atoms with Gasteiger partial charge in [-0.2, -0.15) is 0 Å². The van der Waals surface area contributed by atoms with Crippen molar-refractivity contribution in [1.29, 1.82) is 0 Å². The van der Waals surface area contributed by atoms with E-state index in [0.717, 1.165) is 25.0 Å². The van der Waals surface area contributed by atoms with Gasteiger partial charge in [0, 0.05) is 22.9 Å². The average molecular weight is 367 g/mol. The minimum absolute atomic E-state index is 0.0523. The smallest absolute Gasteiger partial charge is 0.342 e. The van der Waals surface area contributed by atoms with Crippen LogP contribution in [0.25, 0.3) is 16.8 Å². The van der Waals surface area contributed by atoms with Gasteiger partial charge in [0.05, 0.1) is 0 Å². The Kier molecular flexibility index (Phi) is 4.56. The molecule has 1 saturated heterocycles. The number of likely N-dealkylation sites (tertiary alicyclic amines) is 1. The molecule has 4 rings (SSSR count). The van der Waals surface area contributed by atoms with Gasteiger partial charge in [-0.3, -0.25) is 4.90 Å². The fourth-order valence-corrected chi connectivity index (χ4v) is 3.81. The molecular weight excluding hydrogens is 342 g/mol. The van der Waals surface area contributed by atoms with Crippen molar-refractivity contribution in [2.45, 2.75) is 32.3 Å². The van der Waals surface area contributed by atoms with E-state index in [1.54, 1.807) is 6.07 Å². The highest BCUT2D eigenvalue weighted by Crippen LogP contribution is 2.44. The lowest BCUT2D eigenvalue weighted by atomic mass is 9.93. The van der Waals surface area contributed by atoms with Crippen molar-refractivity contribution >= 4 is 22.8 Å². The summed E-state index contributed by atoms with van der Waals surface area (Å²) in [6, 6.07) is 7.41. The highest BCUT2D eigenvalue weighted by molar-refractivity contribution is 6.08. The van der Waals surface area contributed by atoms with Crippen molar-refractivity contribution in [3.8, 4) is 11.5 Å². The quantitative estimate of drug-likeness (QED) is 0.828. The van der Waals surface area contributed by atoms with E-state index in [1.807, 2.05) is 44.2 Å². The third-order valence-electron chi connectivity index (χ3n) is 5.24. The Labute approximate surface area is 159 Å².